The molecule has 0 unspecified atom stereocenters. The van der Waals surface area contributed by atoms with Crippen molar-refractivity contribution >= 4 is 34.8 Å². The Balaban J connectivity index is 1.85. The summed E-state index contributed by atoms with van der Waals surface area (Å²) in [5.41, 5.74) is 1.38. The number of nitrogens with one attached hydrogen (secondary N) is 2. The molecule has 0 spiro atoms. The molecule has 0 saturated heterocycles. The average Bonchev–Trinajstić information content (AvgIpc) is 2.53. The van der Waals surface area contributed by atoms with Crippen molar-refractivity contribution in [1.29, 1.82) is 0 Å². The highest BCUT2D eigenvalue weighted by atomic mass is 35.5. The Morgan fingerprint density at radius 2 is 2.12 bits per heavy atom. The van der Waals surface area contributed by atoms with Gasteiger partial charge in [-0.15, -0.1) is 0 Å². The van der Waals surface area contributed by atoms with Gasteiger partial charge in [0.2, 0.25) is 11.8 Å². The molecule has 2 aromatic carbocycles. The zero-order valence-electron chi connectivity index (χ0n) is 12.7. The van der Waals surface area contributed by atoms with Gasteiger partial charge in [-0.3, -0.25) is 9.59 Å². The van der Waals surface area contributed by atoms with Crippen LogP contribution in [0.3, 0.4) is 0 Å². The van der Waals surface area contributed by atoms with Crippen molar-refractivity contribution in [2.75, 3.05) is 17.7 Å². The molecular formula is C17H14ClFN2O3. The summed E-state index contributed by atoms with van der Waals surface area (Å²) in [5.74, 6) is -1.38. The molecule has 0 fully saturated rings. The molecule has 2 aromatic rings. The minimum atomic E-state index is -0.699. The van der Waals surface area contributed by atoms with Gasteiger partial charge in [0.15, 0.2) is 0 Å². The molecule has 1 aliphatic rings. The van der Waals surface area contributed by atoms with Gasteiger partial charge in [-0.2, -0.15) is 0 Å². The fraction of sp³-hybridized carbons (Fsp3) is 0.176. The molecule has 0 aromatic heterocycles. The third-order valence-corrected chi connectivity index (χ3v) is 4.09. The van der Waals surface area contributed by atoms with Gasteiger partial charge in [0, 0.05) is 17.8 Å². The number of benzene rings is 2. The first-order valence-corrected chi connectivity index (χ1v) is 7.59. The van der Waals surface area contributed by atoms with Crippen LogP contribution >= 0.6 is 11.6 Å². The standard InChI is InChI=1S/C17H14ClFN2O3/c1-24-15-5-3-10(7-13(15)18)20-17(23)12-8-16(22)21-14-6-9(19)2-4-11(12)14/h2-7,12H,8H2,1H3,(H,20,23)(H,21,22)/t12-/m1/s1. The number of hydrogen-bond donors (Lipinski definition) is 2. The Morgan fingerprint density at radius 3 is 2.83 bits per heavy atom. The average molecular weight is 349 g/mol. The molecule has 2 N–H and O–H groups in total. The van der Waals surface area contributed by atoms with E-state index in [9.17, 15) is 14.0 Å². The van der Waals surface area contributed by atoms with Gasteiger partial charge in [-0.25, -0.2) is 4.39 Å². The van der Waals surface area contributed by atoms with E-state index in [1.807, 2.05) is 0 Å². The first-order chi connectivity index (χ1) is 11.5. The maximum atomic E-state index is 13.3. The van der Waals surface area contributed by atoms with Crippen LogP contribution in [0.15, 0.2) is 36.4 Å². The maximum absolute atomic E-state index is 13.3. The summed E-state index contributed by atoms with van der Waals surface area (Å²) in [5, 5.41) is 5.66. The van der Waals surface area contributed by atoms with E-state index >= 15 is 0 Å². The van der Waals surface area contributed by atoms with Gasteiger partial charge in [-0.05, 0) is 35.9 Å². The molecule has 1 atom stereocenters. The Morgan fingerprint density at radius 1 is 1.33 bits per heavy atom. The van der Waals surface area contributed by atoms with E-state index in [2.05, 4.69) is 10.6 Å². The summed E-state index contributed by atoms with van der Waals surface area (Å²) in [7, 11) is 1.50. The van der Waals surface area contributed by atoms with Crippen LogP contribution in [0.4, 0.5) is 15.8 Å². The number of fused-ring (bicyclic) bond motifs is 1. The van der Waals surface area contributed by atoms with E-state index in [4.69, 9.17) is 16.3 Å². The van der Waals surface area contributed by atoms with Crippen molar-refractivity contribution in [3.63, 3.8) is 0 Å². The number of ether oxygens (including phenoxy) is 1. The molecule has 3 rings (SSSR count). The molecule has 0 radical (unpaired) electrons. The van der Waals surface area contributed by atoms with E-state index in [0.717, 1.165) is 0 Å². The van der Waals surface area contributed by atoms with Crippen LogP contribution in [-0.4, -0.2) is 18.9 Å². The molecule has 2 amide bonds. The number of methoxy groups -OCH3 is 1. The molecule has 1 heterocycles. The van der Waals surface area contributed by atoms with Crippen molar-refractivity contribution < 1.29 is 18.7 Å². The van der Waals surface area contributed by atoms with E-state index in [1.54, 1.807) is 18.2 Å². The number of carbonyl (C=O) groups excluding carboxylic acids is 2. The number of hydrogen-bond acceptors (Lipinski definition) is 3. The number of amides is 2. The number of rotatable bonds is 3. The minimum Gasteiger partial charge on any atom is -0.495 e. The lowest BCUT2D eigenvalue weighted by atomic mass is 9.89. The largest absolute Gasteiger partial charge is 0.495 e. The van der Waals surface area contributed by atoms with Crippen LogP contribution in [0.1, 0.15) is 17.9 Å². The SMILES string of the molecule is COc1ccc(NC(=O)[C@@H]2CC(=O)Nc3cc(F)ccc32)cc1Cl. The molecule has 0 bridgehead atoms. The lowest BCUT2D eigenvalue weighted by molar-refractivity contribution is -0.123. The first kappa shape index (κ1) is 16.3. The topological polar surface area (TPSA) is 67.4 Å². The lowest BCUT2D eigenvalue weighted by Crippen LogP contribution is -2.30. The summed E-state index contributed by atoms with van der Waals surface area (Å²) in [4.78, 5) is 24.4. The number of halogens is 2. The Bertz CT molecular complexity index is 825. The summed E-state index contributed by atoms with van der Waals surface area (Å²) >= 11 is 6.04. The highest BCUT2D eigenvalue weighted by Gasteiger charge is 2.31. The summed E-state index contributed by atoms with van der Waals surface area (Å²) in [6.45, 7) is 0. The molecule has 124 valence electrons. The molecule has 1 aliphatic heterocycles. The highest BCUT2D eigenvalue weighted by molar-refractivity contribution is 6.32. The maximum Gasteiger partial charge on any atom is 0.232 e. The molecule has 24 heavy (non-hydrogen) atoms. The second kappa shape index (κ2) is 6.49. The Hall–Kier alpha value is -2.60. The van der Waals surface area contributed by atoms with Crippen LogP contribution in [0.25, 0.3) is 0 Å². The number of anilines is 2. The fourth-order valence-electron chi connectivity index (χ4n) is 2.64. The van der Waals surface area contributed by atoms with Gasteiger partial charge in [0.05, 0.1) is 18.1 Å². The van der Waals surface area contributed by atoms with Gasteiger partial charge >= 0.3 is 0 Å². The third kappa shape index (κ3) is 3.19. The van der Waals surface area contributed by atoms with Crippen LogP contribution in [0, 0.1) is 5.82 Å². The van der Waals surface area contributed by atoms with E-state index in [0.29, 0.717) is 27.7 Å². The molecule has 0 saturated carbocycles. The van der Waals surface area contributed by atoms with Crippen molar-refractivity contribution in [1.82, 2.24) is 0 Å². The highest BCUT2D eigenvalue weighted by Crippen LogP contribution is 2.34. The molecular weight excluding hydrogens is 335 g/mol. The zero-order valence-corrected chi connectivity index (χ0v) is 13.5. The predicted octanol–water partition coefficient (Wildman–Crippen LogP) is 3.55. The van der Waals surface area contributed by atoms with Crippen LogP contribution in [-0.2, 0) is 9.59 Å². The zero-order chi connectivity index (χ0) is 17.3. The lowest BCUT2D eigenvalue weighted by Gasteiger charge is -2.25. The second-order valence-electron chi connectivity index (χ2n) is 5.38. The van der Waals surface area contributed by atoms with Gasteiger partial charge < -0.3 is 15.4 Å². The van der Waals surface area contributed by atoms with Crippen molar-refractivity contribution in [3.05, 3.63) is 52.8 Å². The van der Waals surface area contributed by atoms with Gasteiger partial charge in [-0.1, -0.05) is 17.7 Å². The van der Waals surface area contributed by atoms with Crippen molar-refractivity contribution in [2.24, 2.45) is 0 Å². The predicted molar refractivity (Wildman–Crippen MR) is 89.0 cm³/mol. The van der Waals surface area contributed by atoms with Crippen molar-refractivity contribution in [2.45, 2.75) is 12.3 Å². The number of carbonyl (C=O) groups is 2. The van der Waals surface area contributed by atoms with Crippen LogP contribution in [0.5, 0.6) is 5.75 Å². The van der Waals surface area contributed by atoms with E-state index < -0.39 is 11.7 Å². The van der Waals surface area contributed by atoms with Gasteiger partial charge in [0.25, 0.3) is 0 Å². The summed E-state index contributed by atoms with van der Waals surface area (Å²) in [6, 6.07) is 8.83. The quantitative estimate of drug-likeness (QED) is 0.891. The smallest absolute Gasteiger partial charge is 0.232 e. The molecule has 7 heteroatoms. The fourth-order valence-corrected chi connectivity index (χ4v) is 2.90. The Labute approximate surface area is 142 Å². The Kier molecular flexibility index (Phi) is 4.40. The van der Waals surface area contributed by atoms with Crippen molar-refractivity contribution in [3.8, 4) is 5.75 Å². The van der Waals surface area contributed by atoms with Gasteiger partial charge in [0.1, 0.15) is 11.6 Å². The molecule has 5 nitrogen and oxygen atoms in total. The summed E-state index contributed by atoms with van der Waals surface area (Å²) < 4.78 is 18.4. The monoisotopic (exact) mass is 348 g/mol. The minimum absolute atomic E-state index is 0.00560. The third-order valence-electron chi connectivity index (χ3n) is 3.79. The summed E-state index contributed by atoms with van der Waals surface area (Å²) in [6.07, 6.45) is -0.00560. The van der Waals surface area contributed by atoms with E-state index in [1.165, 1.54) is 25.3 Å². The van der Waals surface area contributed by atoms with E-state index in [-0.39, 0.29) is 18.2 Å². The first-order valence-electron chi connectivity index (χ1n) is 7.21. The van der Waals surface area contributed by atoms with Crippen LogP contribution < -0.4 is 15.4 Å². The second-order valence-corrected chi connectivity index (χ2v) is 5.78. The molecule has 0 aliphatic carbocycles. The van der Waals surface area contributed by atoms with Crippen LogP contribution in [0.2, 0.25) is 5.02 Å². The normalized spacial score (nSPS) is 16.1.